The third-order valence-corrected chi connectivity index (χ3v) is 8.14. The highest BCUT2D eigenvalue weighted by Crippen LogP contribution is 2.61. The van der Waals surface area contributed by atoms with Crippen LogP contribution in [0.3, 0.4) is 0 Å². The lowest BCUT2D eigenvalue weighted by molar-refractivity contribution is -0.154. The minimum absolute atomic E-state index is 0.0668. The number of rotatable bonds is 3. The van der Waals surface area contributed by atoms with Gasteiger partial charge in [0.05, 0.1) is 5.56 Å². The molecule has 162 valence electrons. The first kappa shape index (κ1) is 20.3. The fourth-order valence-corrected chi connectivity index (χ4v) is 6.71. The van der Waals surface area contributed by atoms with Crippen LogP contribution in [0.4, 0.5) is 0 Å². The molecule has 0 amide bonds. The van der Waals surface area contributed by atoms with Gasteiger partial charge in [-0.2, -0.15) is 0 Å². The van der Waals surface area contributed by atoms with Gasteiger partial charge in [-0.1, -0.05) is 31.2 Å². The molecule has 0 aromatic heterocycles. The van der Waals surface area contributed by atoms with Crippen LogP contribution in [0.25, 0.3) is 0 Å². The van der Waals surface area contributed by atoms with Gasteiger partial charge >= 0.3 is 11.9 Å². The Kier molecular flexibility index (Phi) is 5.11. The molecule has 5 rings (SSSR count). The Morgan fingerprint density at radius 2 is 1.81 bits per heavy atom. The lowest BCUT2D eigenvalue weighted by atomic mass is 9.55. The Bertz CT molecular complexity index is 998. The topological polar surface area (TPSA) is 52.6 Å². The summed E-state index contributed by atoms with van der Waals surface area (Å²) in [7, 11) is 0. The van der Waals surface area contributed by atoms with E-state index < -0.39 is 0 Å². The second-order valence-electron chi connectivity index (χ2n) is 9.75. The van der Waals surface area contributed by atoms with Crippen molar-refractivity contribution in [2.45, 2.75) is 64.4 Å². The normalized spacial score (nSPS) is 31.2. The number of hydrogen-bond donors (Lipinski definition) is 0. The Balaban J connectivity index is 1.34. The van der Waals surface area contributed by atoms with Gasteiger partial charge in [0.2, 0.25) is 0 Å². The van der Waals surface area contributed by atoms with Gasteiger partial charge in [0.15, 0.2) is 0 Å². The number of benzene rings is 2. The van der Waals surface area contributed by atoms with Crippen molar-refractivity contribution in [1.82, 2.24) is 0 Å². The summed E-state index contributed by atoms with van der Waals surface area (Å²) in [4.78, 5) is 24.0. The zero-order valence-electron chi connectivity index (χ0n) is 18.3. The van der Waals surface area contributed by atoms with Crippen LogP contribution in [0.5, 0.6) is 5.75 Å². The lowest BCUT2D eigenvalue weighted by Crippen LogP contribution is -2.45. The van der Waals surface area contributed by atoms with E-state index in [4.69, 9.17) is 9.47 Å². The number of hydrogen-bond acceptors (Lipinski definition) is 4. The summed E-state index contributed by atoms with van der Waals surface area (Å²) in [5.41, 5.74) is 3.41. The van der Waals surface area contributed by atoms with Crippen LogP contribution in [0.1, 0.15) is 73.4 Å². The molecule has 4 nitrogen and oxygen atoms in total. The van der Waals surface area contributed by atoms with E-state index in [0.29, 0.717) is 29.1 Å². The second kappa shape index (κ2) is 7.81. The van der Waals surface area contributed by atoms with Crippen LogP contribution in [0.15, 0.2) is 48.5 Å². The maximum atomic E-state index is 12.4. The first-order chi connectivity index (χ1) is 15.0. The van der Waals surface area contributed by atoms with Crippen LogP contribution in [-0.4, -0.2) is 18.0 Å². The van der Waals surface area contributed by atoms with Gasteiger partial charge in [-0.15, -0.1) is 0 Å². The van der Waals surface area contributed by atoms with Crippen molar-refractivity contribution in [2.24, 2.45) is 17.3 Å². The largest absolute Gasteiger partial charge is 0.462 e. The first-order valence-electron chi connectivity index (χ1n) is 11.5. The van der Waals surface area contributed by atoms with Gasteiger partial charge in [-0.3, -0.25) is 4.79 Å². The zero-order chi connectivity index (χ0) is 21.6. The van der Waals surface area contributed by atoms with E-state index in [9.17, 15) is 9.59 Å². The van der Waals surface area contributed by atoms with Crippen LogP contribution < -0.4 is 4.74 Å². The summed E-state index contributed by atoms with van der Waals surface area (Å²) in [6.07, 6.45) is 6.60. The molecule has 31 heavy (non-hydrogen) atoms. The van der Waals surface area contributed by atoms with E-state index in [2.05, 4.69) is 19.1 Å². The summed E-state index contributed by atoms with van der Waals surface area (Å²) >= 11 is 0. The smallest absolute Gasteiger partial charge is 0.343 e. The molecule has 3 aliphatic carbocycles. The highest BCUT2D eigenvalue weighted by Gasteiger charge is 2.56. The standard InChI is InChI=1S/C27H30O4/c1-17(28)30-25-13-12-24-23-10-8-19-16-20(31-26(29)18-6-4-3-5-7-18)9-11-21(19)22(23)14-15-27(24,25)2/h3-7,9,11,16,22-25H,8,10,12-15H2,1-2H3/t22?,23?,24?,25-,27+/m1/s1. The maximum Gasteiger partial charge on any atom is 0.343 e. The van der Waals surface area contributed by atoms with Crippen LogP contribution >= 0.6 is 0 Å². The van der Waals surface area contributed by atoms with Crippen molar-refractivity contribution in [3.63, 3.8) is 0 Å². The highest BCUT2D eigenvalue weighted by molar-refractivity contribution is 5.91. The number of ether oxygens (including phenoxy) is 2. The molecule has 5 atom stereocenters. The molecule has 4 heteroatoms. The van der Waals surface area contributed by atoms with Gasteiger partial charge in [0.25, 0.3) is 0 Å². The number of carbonyl (C=O) groups is 2. The van der Waals surface area contributed by atoms with E-state index >= 15 is 0 Å². The Hall–Kier alpha value is -2.62. The van der Waals surface area contributed by atoms with E-state index in [1.54, 1.807) is 12.1 Å². The van der Waals surface area contributed by atoms with Gasteiger partial charge < -0.3 is 9.47 Å². The molecule has 0 heterocycles. The first-order valence-corrected chi connectivity index (χ1v) is 11.5. The van der Waals surface area contributed by atoms with Crippen LogP contribution in [-0.2, 0) is 16.0 Å². The predicted octanol–water partition coefficient (Wildman–Crippen LogP) is 5.69. The monoisotopic (exact) mass is 418 g/mol. The van der Waals surface area contributed by atoms with E-state index in [-0.39, 0.29) is 23.5 Å². The molecule has 0 aliphatic heterocycles. The Morgan fingerprint density at radius 1 is 1.00 bits per heavy atom. The van der Waals surface area contributed by atoms with Gasteiger partial charge in [0.1, 0.15) is 11.9 Å². The molecule has 0 saturated heterocycles. The van der Waals surface area contributed by atoms with Gasteiger partial charge in [0, 0.05) is 12.3 Å². The van der Waals surface area contributed by atoms with Gasteiger partial charge in [-0.25, -0.2) is 4.79 Å². The number of fused-ring (bicyclic) bond motifs is 5. The molecular formula is C27H30O4. The van der Waals surface area contributed by atoms with Crippen molar-refractivity contribution in [3.05, 3.63) is 65.2 Å². The minimum Gasteiger partial charge on any atom is -0.462 e. The third-order valence-electron chi connectivity index (χ3n) is 8.14. The molecule has 0 N–H and O–H groups in total. The van der Waals surface area contributed by atoms with Crippen molar-refractivity contribution in [1.29, 1.82) is 0 Å². The zero-order valence-corrected chi connectivity index (χ0v) is 18.3. The quantitative estimate of drug-likeness (QED) is 0.474. The number of carbonyl (C=O) groups excluding carboxylic acids is 2. The molecule has 2 fully saturated rings. The maximum absolute atomic E-state index is 12.4. The summed E-state index contributed by atoms with van der Waals surface area (Å²) in [6, 6.07) is 15.3. The van der Waals surface area contributed by atoms with Crippen molar-refractivity contribution in [2.75, 3.05) is 0 Å². The molecular weight excluding hydrogens is 388 g/mol. The summed E-state index contributed by atoms with van der Waals surface area (Å²) in [5.74, 6) is 1.97. The third kappa shape index (κ3) is 3.56. The molecule has 2 aromatic carbocycles. The summed E-state index contributed by atoms with van der Waals surface area (Å²) in [5, 5.41) is 0. The average Bonchev–Trinajstić information content (AvgIpc) is 3.09. The average molecular weight is 419 g/mol. The van der Waals surface area contributed by atoms with Crippen LogP contribution in [0, 0.1) is 17.3 Å². The predicted molar refractivity (Wildman–Crippen MR) is 118 cm³/mol. The molecule has 3 aliphatic rings. The van der Waals surface area contributed by atoms with Crippen LogP contribution in [0.2, 0.25) is 0 Å². The molecule has 2 aromatic rings. The summed E-state index contributed by atoms with van der Waals surface area (Å²) < 4.78 is 11.4. The minimum atomic E-state index is -0.315. The molecule has 0 spiro atoms. The van der Waals surface area contributed by atoms with E-state index in [1.165, 1.54) is 18.1 Å². The molecule has 2 saturated carbocycles. The second-order valence-corrected chi connectivity index (χ2v) is 9.75. The number of esters is 2. The fraction of sp³-hybridized carbons (Fsp3) is 0.481. The lowest BCUT2D eigenvalue weighted by Gasteiger charge is -2.50. The van der Waals surface area contributed by atoms with E-state index in [0.717, 1.165) is 38.5 Å². The fourth-order valence-electron chi connectivity index (χ4n) is 6.71. The Labute approximate surface area is 183 Å². The van der Waals surface area contributed by atoms with Crippen molar-refractivity contribution in [3.8, 4) is 5.75 Å². The number of aryl methyl sites for hydroxylation is 1. The SMILES string of the molecule is CC(=O)O[C@@H]1CCC2C3CCc4cc(OC(=O)c5ccccc5)ccc4C3CC[C@@]21C. The summed E-state index contributed by atoms with van der Waals surface area (Å²) in [6.45, 7) is 3.87. The molecule has 3 unspecified atom stereocenters. The Morgan fingerprint density at radius 3 is 2.58 bits per heavy atom. The molecule has 0 bridgehead atoms. The molecule has 0 radical (unpaired) electrons. The van der Waals surface area contributed by atoms with Gasteiger partial charge in [-0.05, 0) is 91.7 Å². The van der Waals surface area contributed by atoms with Crippen molar-refractivity contribution >= 4 is 11.9 Å². The van der Waals surface area contributed by atoms with Crippen molar-refractivity contribution < 1.29 is 19.1 Å². The van der Waals surface area contributed by atoms with E-state index in [1.807, 2.05) is 24.3 Å². The highest BCUT2D eigenvalue weighted by atomic mass is 16.5.